The van der Waals surface area contributed by atoms with E-state index in [1.807, 2.05) is 6.92 Å². The van der Waals surface area contributed by atoms with Crippen LogP contribution in [-0.2, 0) is 9.59 Å². The third kappa shape index (κ3) is 6.26. The van der Waals surface area contributed by atoms with Crippen LogP contribution in [0.2, 0.25) is 0 Å². The number of carboxylic acids is 1. The molecule has 0 saturated carbocycles. The lowest BCUT2D eigenvalue weighted by Gasteiger charge is -2.16. The first-order chi connectivity index (χ1) is 7.11. The van der Waals surface area contributed by atoms with Gasteiger partial charge in [-0.15, -0.1) is 6.58 Å². The van der Waals surface area contributed by atoms with E-state index < -0.39 is 5.97 Å². The van der Waals surface area contributed by atoms with Gasteiger partial charge in [-0.1, -0.05) is 24.3 Å². The summed E-state index contributed by atoms with van der Waals surface area (Å²) in [7, 11) is 0. The fraction of sp³-hybridized carbons (Fsp3) is 0.273. The number of hydrogen-bond acceptors (Lipinski definition) is 2. The van der Waals surface area contributed by atoms with Gasteiger partial charge in [0, 0.05) is 12.6 Å². The molecular weight excluding hydrogens is 194 g/mol. The number of carbonyl (C=O) groups is 2. The fourth-order valence-corrected chi connectivity index (χ4v) is 0.906. The van der Waals surface area contributed by atoms with Crippen molar-refractivity contribution < 1.29 is 14.7 Å². The first kappa shape index (κ1) is 13.2. The maximum Gasteiger partial charge on any atom is 0.323 e. The van der Waals surface area contributed by atoms with Crippen molar-refractivity contribution >= 4 is 11.9 Å². The van der Waals surface area contributed by atoms with Crippen LogP contribution >= 0.6 is 0 Å². The molecule has 0 aromatic heterocycles. The predicted molar refractivity (Wildman–Crippen MR) is 58.4 cm³/mol. The van der Waals surface area contributed by atoms with Gasteiger partial charge in [0.2, 0.25) is 5.91 Å². The summed E-state index contributed by atoms with van der Waals surface area (Å²) in [6.07, 6.45) is 7.86. The van der Waals surface area contributed by atoms with Crippen molar-refractivity contribution in [3.05, 3.63) is 37.0 Å². The third-order valence-electron chi connectivity index (χ3n) is 1.53. The van der Waals surface area contributed by atoms with Crippen LogP contribution < -0.4 is 0 Å². The Morgan fingerprint density at radius 1 is 1.40 bits per heavy atom. The number of amides is 1. The van der Waals surface area contributed by atoms with Gasteiger partial charge in [0.15, 0.2) is 0 Å². The molecule has 0 aromatic rings. The van der Waals surface area contributed by atoms with E-state index in [4.69, 9.17) is 5.11 Å². The molecule has 0 spiro atoms. The highest BCUT2D eigenvalue weighted by Gasteiger charge is 2.11. The lowest BCUT2D eigenvalue weighted by Crippen LogP contribution is -2.34. The molecule has 0 aliphatic rings. The van der Waals surface area contributed by atoms with Gasteiger partial charge in [0.25, 0.3) is 0 Å². The normalized spacial score (nSPS) is 10.7. The van der Waals surface area contributed by atoms with E-state index in [1.165, 1.54) is 17.1 Å². The molecule has 0 unspecified atom stereocenters. The number of carbonyl (C=O) groups excluding carboxylic acids is 1. The number of hydrogen-bond donors (Lipinski definition) is 1. The van der Waals surface area contributed by atoms with E-state index in [2.05, 4.69) is 6.58 Å². The third-order valence-corrected chi connectivity index (χ3v) is 1.53. The van der Waals surface area contributed by atoms with Gasteiger partial charge in [0.05, 0.1) is 0 Å². The topological polar surface area (TPSA) is 57.6 Å². The Bertz CT molecular complexity index is 292. The molecule has 0 aliphatic carbocycles. The molecule has 4 nitrogen and oxygen atoms in total. The summed E-state index contributed by atoms with van der Waals surface area (Å²) < 4.78 is 0. The zero-order valence-corrected chi connectivity index (χ0v) is 8.72. The average molecular weight is 209 g/mol. The summed E-state index contributed by atoms with van der Waals surface area (Å²) in [5, 5.41) is 8.56. The van der Waals surface area contributed by atoms with E-state index >= 15 is 0 Å². The fourth-order valence-electron chi connectivity index (χ4n) is 0.906. The lowest BCUT2D eigenvalue weighted by molar-refractivity contribution is -0.142. The maximum absolute atomic E-state index is 11.4. The Labute approximate surface area is 89.2 Å². The standard InChI is InChI=1S/C11H15NO3/c1-3-5-6-7-10(13)12(8-4-2)9-11(14)15/h3-7H,2,8-9H2,1H3,(H,14,15). The number of aliphatic carboxylic acids is 1. The van der Waals surface area contributed by atoms with E-state index in [0.717, 1.165) is 0 Å². The van der Waals surface area contributed by atoms with Gasteiger partial charge in [-0.05, 0) is 6.92 Å². The molecule has 0 aromatic carbocycles. The van der Waals surface area contributed by atoms with Gasteiger partial charge < -0.3 is 10.0 Å². The van der Waals surface area contributed by atoms with E-state index in [9.17, 15) is 9.59 Å². The number of allylic oxidation sites excluding steroid dienone is 3. The van der Waals surface area contributed by atoms with Crippen LogP contribution in [0.3, 0.4) is 0 Å². The summed E-state index contributed by atoms with van der Waals surface area (Å²) in [6, 6.07) is 0. The second-order valence-corrected chi connectivity index (χ2v) is 2.79. The minimum atomic E-state index is -1.04. The molecule has 1 amide bonds. The molecule has 0 aliphatic heterocycles. The maximum atomic E-state index is 11.4. The van der Waals surface area contributed by atoms with Crippen LogP contribution in [0, 0.1) is 0 Å². The van der Waals surface area contributed by atoms with Crippen molar-refractivity contribution in [2.45, 2.75) is 6.92 Å². The summed E-state index contributed by atoms with van der Waals surface area (Å²) in [5.41, 5.74) is 0. The molecule has 0 saturated heterocycles. The van der Waals surface area contributed by atoms with Crippen molar-refractivity contribution in [3.63, 3.8) is 0 Å². The Morgan fingerprint density at radius 2 is 2.07 bits per heavy atom. The Kier molecular flexibility index (Phi) is 6.63. The second kappa shape index (κ2) is 7.55. The summed E-state index contributed by atoms with van der Waals surface area (Å²) >= 11 is 0. The first-order valence-electron chi connectivity index (χ1n) is 4.52. The van der Waals surface area contributed by atoms with Crippen LogP contribution in [0.4, 0.5) is 0 Å². The molecule has 15 heavy (non-hydrogen) atoms. The van der Waals surface area contributed by atoms with Gasteiger partial charge >= 0.3 is 5.97 Å². The highest BCUT2D eigenvalue weighted by molar-refractivity contribution is 5.90. The molecule has 4 heteroatoms. The SMILES string of the molecule is C=CCN(CC(=O)O)C(=O)C=CC=CC. The Hall–Kier alpha value is -1.84. The van der Waals surface area contributed by atoms with Gasteiger partial charge in [0.1, 0.15) is 6.54 Å². The zero-order chi connectivity index (χ0) is 11.7. The van der Waals surface area contributed by atoms with Crippen LogP contribution in [0.5, 0.6) is 0 Å². The lowest BCUT2D eigenvalue weighted by atomic mass is 10.3. The first-order valence-corrected chi connectivity index (χ1v) is 4.52. The average Bonchev–Trinajstić information content (AvgIpc) is 2.17. The van der Waals surface area contributed by atoms with Crippen LogP contribution in [0.1, 0.15) is 6.92 Å². The highest BCUT2D eigenvalue weighted by atomic mass is 16.4. The molecule has 0 atom stereocenters. The summed E-state index contributed by atoms with van der Waals surface area (Å²) in [4.78, 5) is 23.1. The molecular formula is C11H15NO3. The molecule has 82 valence electrons. The van der Waals surface area contributed by atoms with Crippen molar-refractivity contribution in [2.75, 3.05) is 13.1 Å². The largest absolute Gasteiger partial charge is 0.480 e. The molecule has 0 radical (unpaired) electrons. The van der Waals surface area contributed by atoms with E-state index in [-0.39, 0.29) is 19.0 Å². The molecule has 0 rings (SSSR count). The van der Waals surface area contributed by atoms with Crippen LogP contribution in [-0.4, -0.2) is 35.0 Å². The second-order valence-electron chi connectivity index (χ2n) is 2.79. The minimum Gasteiger partial charge on any atom is -0.480 e. The van der Waals surface area contributed by atoms with Crippen molar-refractivity contribution in [2.24, 2.45) is 0 Å². The molecule has 0 bridgehead atoms. The monoisotopic (exact) mass is 209 g/mol. The van der Waals surface area contributed by atoms with Crippen LogP contribution in [0.25, 0.3) is 0 Å². The van der Waals surface area contributed by atoms with Gasteiger partial charge in [-0.25, -0.2) is 0 Å². The smallest absolute Gasteiger partial charge is 0.323 e. The molecule has 1 N–H and O–H groups in total. The number of rotatable bonds is 6. The summed E-state index contributed by atoms with van der Waals surface area (Å²) in [5.74, 6) is -1.37. The quantitative estimate of drug-likeness (QED) is 0.406. The highest BCUT2D eigenvalue weighted by Crippen LogP contribution is 1.93. The molecule has 0 heterocycles. The van der Waals surface area contributed by atoms with E-state index in [1.54, 1.807) is 18.2 Å². The van der Waals surface area contributed by atoms with Crippen molar-refractivity contribution in [1.82, 2.24) is 4.90 Å². The Morgan fingerprint density at radius 3 is 2.53 bits per heavy atom. The van der Waals surface area contributed by atoms with Gasteiger partial charge in [-0.3, -0.25) is 9.59 Å². The minimum absolute atomic E-state index is 0.227. The van der Waals surface area contributed by atoms with Crippen molar-refractivity contribution in [3.8, 4) is 0 Å². The van der Waals surface area contributed by atoms with E-state index in [0.29, 0.717) is 0 Å². The zero-order valence-electron chi connectivity index (χ0n) is 8.72. The van der Waals surface area contributed by atoms with Crippen LogP contribution in [0.15, 0.2) is 37.0 Å². The summed E-state index contributed by atoms with van der Waals surface area (Å²) in [6.45, 7) is 5.20. The van der Waals surface area contributed by atoms with Gasteiger partial charge in [-0.2, -0.15) is 0 Å². The number of carboxylic acid groups (broad SMARTS) is 1. The van der Waals surface area contributed by atoms with Crippen molar-refractivity contribution in [1.29, 1.82) is 0 Å². The molecule has 0 fully saturated rings. The Balaban J connectivity index is 4.40. The predicted octanol–water partition coefficient (Wildman–Crippen LogP) is 1.22. The number of nitrogens with zero attached hydrogens (tertiary/aromatic N) is 1.